The number of aliphatic hydroxyl groups is 1. The zero-order chi connectivity index (χ0) is 17.3. The van der Waals surface area contributed by atoms with Crippen molar-refractivity contribution >= 4 is 17.5 Å². The molecule has 1 amide bonds. The van der Waals surface area contributed by atoms with Gasteiger partial charge < -0.3 is 10.0 Å². The molecule has 3 rings (SSSR count). The van der Waals surface area contributed by atoms with Crippen molar-refractivity contribution in [3.8, 4) is 0 Å². The second-order valence-corrected chi connectivity index (χ2v) is 6.41. The summed E-state index contributed by atoms with van der Waals surface area (Å²) in [6.07, 6.45) is 0.0407. The average molecular weight is 352 g/mol. The van der Waals surface area contributed by atoms with E-state index in [2.05, 4.69) is 5.10 Å². The molecule has 1 aromatic carbocycles. The topological polar surface area (TPSA) is 58.4 Å². The Labute approximate surface area is 144 Å². The number of aromatic nitrogens is 2. The molecule has 7 heteroatoms. The third-order valence-corrected chi connectivity index (χ3v) is 4.56. The lowest BCUT2D eigenvalue weighted by Crippen LogP contribution is -2.32. The lowest BCUT2D eigenvalue weighted by molar-refractivity contribution is -0.131. The van der Waals surface area contributed by atoms with Crippen LogP contribution in [0.15, 0.2) is 24.3 Å². The van der Waals surface area contributed by atoms with E-state index >= 15 is 0 Å². The molecule has 0 fully saturated rings. The van der Waals surface area contributed by atoms with Gasteiger partial charge in [0.1, 0.15) is 5.82 Å². The molecule has 0 saturated heterocycles. The number of halogens is 2. The van der Waals surface area contributed by atoms with E-state index in [1.807, 2.05) is 10.7 Å². The van der Waals surface area contributed by atoms with Crippen LogP contribution in [-0.4, -0.2) is 32.2 Å². The van der Waals surface area contributed by atoms with Crippen LogP contribution in [0.4, 0.5) is 4.39 Å². The Morgan fingerprint density at radius 3 is 2.96 bits per heavy atom. The van der Waals surface area contributed by atoms with E-state index in [1.165, 1.54) is 12.1 Å². The lowest BCUT2D eigenvalue weighted by atomic mass is 10.1. The number of benzene rings is 1. The van der Waals surface area contributed by atoms with Gasteiger partial charge in [0.2, 0.25) is 5.91 Å². The second kappa shape index (κ2) is 6.91. The molecule has 5 nitrogen and oxygen atoms in total. The molecule has 1 unspecified atom stereocenters. The van der Waals surface area contributed by atoms with Crippen molar-refractivity contribution in [1.82, 2.24) is 14.7 Å². The van der Waals surface area contributed by atoms with Crippen molar-refractivity contribution < 1.29 is 14.3 Å². The van der Waals surface area contributed by atoms with Crippen LogP contribution < -0.4 is 0 Å². The molecule has 1 atom stereocenters. The normalized spacial score (nSPS) is 15.8. The van der Waals surface area contributed by atoms with Crippen molar-refractivity contribution in [3.05, 3.63) is 52.1 Å². The van der Waals surface area contributed by atoms with Crippen LogP contribution in [0.3, 0.4) is 0 Å². The first-order chi connectivity index (χ1) is 11.5. The van der Waals surface area contributed by atoms with E-state index in [-0.39, 0.29) is 22.9 Å². The molecule has 2 heterocycles. The highest BCUT2D eigenvalue weighted by Crippen LogP contribution is 2.22. The van der Waals surface area contributed by atoms with Gasteiger partial charge in [-0.3, -0.25) is 9.48 Å². The maximum absolute atomic E-state index is 13.9. The van der Waals surface area contributed by atoms with Crippen LogP contribution in [0.25, 0.3) is 0 Å². The third-order valence-electron chi connectivity index (χ3n) is 4.20. The van der Waals surface area contributed by atoms with Crippen molar-refractivity contribution in [2.75, 3.05) is 6.54 Å². The first kappa shape index (κ1) is 16.9. The van der Waals surface area contributed by atoms with Crippen LogP contribution in [0.1, 0.15) is 36.4 Å². The van der Waals surface area contributed by atoms with Crippen LogP contribution in [0.2, 0.25) is 5.02 Å². The van der Waals surface area contributed by atoms with Gasteiger partial charge in [-0.15, -0.1) is 0 Å². The number of hydrogen-bond donors (Lipinski definition) is 1. The summed E-state index contributed by atoms with van der Waals surface area (Å²) in [7, 11) is 0. The SMILES string of the molecule is CC(O)c1cc2n(n1)CCCN(C(=O)Cc1c(F)cccc1Cl)C2. The third kappa shape index (κ3) is 3.44. The Morgan fingerprint density at radius 2 is 2.25 bits per heavy atom. The summed E-state index contributed by atoms with van der Waals surface area (Å²) in [5.41, 5.74) is 1.69. The molecular weight excluding hydrogens is 333 g/mol. The number of fused-ring (bicyclic) bond motifs is 1. The van der Waals surface area contributed by atoms with Gasteiger partial charge in [0.05, 0.1) is 30.5 Å². The Bertz CT molecular complexity index is 740. The number of rotatable bonds is 3. The fourth-order valence-corrected chi connectivity index (χ4v) is 3.10. The van der Waals surface area contributed by atoms with Gasteiger partial charge >= 0.3 is 0 Å². The molecule has 0 bridgehead atoms. The van der Waals surface area contributed by atoms with Gasteiger partial charge in [-0.25, -0.2) is 4.39 Å². The monoisotopic (exact) mass is 351 g/mol. The van der Waals surface area contributed by atoms with Gasteiger partial charge in [0.15, 0.2) is 0 Å². The van der Waals surface area contributed by atoms with Crippen LogP contribution in [-0.2, 0) is 24.3 Å². The van der Waals surface area contributed by atoms with E-state index in [9.17, 15) is 14.3 Å². The summed E-state index contributed by atoms with van der Waals surface area (Å²) < 4.78 is 15.7. The largest absolute Gasteiger partial charge is 0.387 e. The Morgan fingerprint density at radius 1 is 1.46 bits per heavy atom. The minimum absolute atomic E-state index is 0.0666. The van der Waals surface area contributed by atoms with Gasteiger partial charge in [-0.05, 0) is 31.5 Å². The fraction of sp³-hybridized carbons (Fsp3) is 0.412. The maximum atomic E-state index is 13.9. The maximum Gasteiger partial charge on any atom is 0.227 e. The predicted octanol–water partition coefficient (Wildman–Crippen LogP) is 2.70. The number of hydrogen-bond acceptors (Lipinski definition) is 3. The number of aliphatic hydroxyl groups excluding tert-OH is 1. The first-order valence-electron chi connectivity index (χ1n) is 7.91. The van der Waals surface area contributed by atoms with Gasteiger partial charge in [0, 0.05) is 23.7 Å². The molecule has 24 heavy (non-hydrogen) atoms. The van der Waals surface area contributed by atoms with Crippen molar-refractivity contribution in [2.45, 2.75) is 39.0 Å². The molecule has 0 spiro atoms. The average Bonchev–Trinajstić information content (AvgIpc) is 2.83. The smallest absolute Gasteiger partial charge is 0.227 e. The highest BCUT2D eigenvalue weighted by atomic mass is 35.5. The van der Waals surface area contributed by atoms with Crippen molar-refractivity contribution in [2.24, 2.45) is 0 Å². The highest BCUT2D eigenvalue weighted by molar-refractivity contribution is 6.31. The number of aryl methyl sites for hydroxylation is 1. The molecule has 2 aromatic rings. The Kier molecular flexibility index (Phi) is 4.87. The summed E-state index contributed by atoms with van der Waals surface area (Å²) in [6.45, 7) is 3.32. The van der Waals surface area contributed by atoms with E-state index in [0.717, 1.165) is 12.1 Å². The summed E-state index contributed by atoms with van der Waals surface area (Å²) in [5.74, 6) is -0.637. The first-order valence-corrected chi connectivity index (χ1v) is 8.29. The Hall–Kier alpha value is -1.92. The van der Waals surface area contributed by atoms with E-state index in [0.29, 0.717) is 25.3 Å². The number of carbonyl (C=O) groups is 1. The minimum atomic E-state index is -0.647. The molecule has 1 aliphatic rings. The quantitative estimate of drug-likeness (QED) is 0.925. The molecule has 0 radical (unpaired) electrons. The van der Waals surface area contributed by atoms with E-state index < -0.39 is 11.9 Å². The zero-order valence-corrected chi connectivity index (χ0v) is 14.1. The molecule has 0 aliphatic carbocycles. The lowest BCUT2D eigenvalue weighted by Gasteiger charge is -2.20. The molecular formula is C17H19ClFN3O2. The summed E-state index contributed by atoms with van der Waals surface area (Å²) in [6, 6.07) is 6.22. The zero-order valence-electron chi connectivity index (χ0n) is 13.4. The van der Waals surface area contributed by atoms with E-state index in [1.54, 1.807) is 17.9 Å². The molecule has 128 valence electrons. The van der Waals surface area contributed by atoms with Gasteiger partial charge in [-0.2, -0.15) is 5.10 Å². The van der Waals surface area contributed by atoms with Gasteiger partial charge in [0.25, 0.3) is 0 Å². The number of carbonyl (C=O) groups excluding carboxylic acids is 1. The molecule has 1 N–H and O–H groups in total. The van der Waals surface area contributed by atoms with Crippen LogP contribution >= 0.6 is 11.6 Å². The summed E-state index contributed by atoms with van der Waals surface area (Å²) in [4.78, 5) is 14.3. The molecule has 1 aliphatic heterocycles. The minimum Gasteiger partial charge on any atom is -0.387 e. The number of amides is 1. The highest BCUT2D eigenvalue weighted by Gasteiger charge is 2.23. The summed E-state index contributed by atoms with van der Waals surface area (Å²) in [5, 5.41) is 14.3. The van der Waals surface area contributed by atoms with Gasteiger partial charge in [-0.1, -0.05) is 17.7 Å². The molecule has 0 saturated carbocycles. The number of nitrogens with zero attached hydrogens (tertiary/aromatic N) is 3. The predicted molar refractivity (Wildman–Crippen MR) is 88.0 cm³/mol. The fourth-order valence-electron chi connectivity index (χ4n) is 2.87. The Balaban J connectivity index is 1.78. The molecule has 1 aromatic heterocycles. The second-order valence-electron chi connectivity index (χ2n) is 6.01. The standard InChI is InChI=1S/C17H19ClFN3O2/c1-11(23)16-8-12-10-21(6-3-7-22(12)20-16)17(24)9-13-14(18)4-2-5-15(13)19/h2,4-5,8,11,23H,3,6-7,9-10H2,1H3. The van der Waals surface area contributed by atoms with E-state index in [4.69, 9.17) is 11.6 Å². The van der Waals surface area contributed by atoms with Crippen LogP contribution in [0.5, 0.6) is 0 Å². The van der Waals surface area contributed by atoms with Crippen molar-refractivity contribution in [3.63, 3.8) is 0 Å². The summed E-state index contributed by atoms with van der Waals surface area (Å²) >= 11 is 6.01. The van der Waals surface area contributed by atoms with Crippen molar-refractivity contribution in [1.29, 1.82) is 0 Å². The van der Waals surface area contributed by atoms with Crippen LogP contribution in [0, 0.1) is 5.82 Å².